The van der Waals surface area contributed by atoms with Crippen LogP contribution in [0.4, 0.5) is 0 Å². The van der Waals surface area contributed by atoms with E-state index in [9.17, 15) is 4.79 Å². The number of aromatic nitrogens is 1. The van der Waals surface area contributed by atoms with Crippen LogP contribution >= 0.6 is 0 Å². The quantitative estimate of drug-likeness (QED) is 0.592. The van der Waals surface area contributed by atoms with Gasteiger partial charge in [-0.25, -0.2) is 0 Å². The SMILES string of the molecule is CCCCOC(=O)Cn1cccc1C(C)N. The molecule has 0 aliphatic carbocycles. The van der Waals surface area contributed by atoms with Crippen LogP contribution in [0, 0.1) is 0 Å². The predicted molar refractivity (Wildman–Crippen MR) is 62.9 cm³/mol. The number of esters is 1. The number of hydrogen-bond donors (Lipinski definition) is 1. The van der Waals surface area contributed by atoms with E-state index >= 15 is 0 Å². The normalized spacial score (nSPS) is 12.4. The fourth-order valence-electron chi connectivity index (χ4n) is 1.50. The van der Waals surface area contributed by atoms with E-state index in [2.05, 4.69) is 6.92 Å². The van der Waals surface area contributed by atoms with Crippen molar-refractivity contribution in [3.05, 3.63) is 24.0 Å². The van der Waals surface area contributed by atoms with Crippen molar-refractivity contribution in [3.8, 4) is 0 Å². The maximum atomic E-state index is 11.5. The largest absolute Gasteiger partial charge is 0.464 e. The second kappa shape index (κ2) is 6.33. The number of ether oxygens (including phenoxy) is 1. The van der Waals surface area contributed by atoms with Gasteiger partial charge in [-0.05, 0) is 25.5 Å². The first kappa shape index (κ1) is 12.8. The zero-order valence-electron chi connectivity index (χ0n) is 9.98. The van der Waals surface area contributed by atoms with Gasteiger partial charge in [0.05, 0.1) is 6.61 Å². The zero-order chi connectivity index (χ0) is 12.0. The second-order valence-corrected chi connectivity index (χ2v) is 3.92. The Morgan fingerprint density at radius 3 is 3.00 bits per heavy atom. The number of hydrogen-bond acceptors (Lipinski definition) is 3. The van der Waals surface area contributed by atoms with E-state index in [1.165, 1.54) is 0 Å². The number of nitrogens with zero attached hydrogens (tertiary/aromatic N) is 1. The molecular formula is C12H20N2O2. The molecule has 90 valence electrons. The van der Waals surface area contributed by atoms with Gasteiger partial charge in [0.25, 0.3) is 0 Å². The van der Waals surface area contributed by atoms with Crippen LogP contribution in [0.1, 0.15) is 38.4 Å². The second-order valence-electron chi connectivity index (χ2n) is 3.92. The van der Waals surface area contributed by atoms with Crippen molar-refractivity contribution in [1.29, 1.82) is 0 Å². The van der Waals surface area contributed by atoms with Crippen molar-refractivity contribution in [3.63, 3.8) is 0 Å². The highest BCUT2D eigenvalue weighted by Crippen LogP contribution is 2.10. The topological polar surface area (TPSA) is 57.2 Å². The Morgan fingerprint density at radius 2 is 2.38 bits per heavy atom. The van der Waals surface area contributed by atoms with Crippen molar-refractivity contribution >= 4 is 5.97 Å². The molecule has 1 unspecified atom stereocenters. The van der Waals surface area contributed by atoms with Crippen molar-refractivity contribution in [1.82, 2.24) is 4.57 Å². The molecule has 0 radical (unpaired) electrons. The Hall–Kier alpha value is -1.29. The van der Waals surface area contributed by atoms with E-state index in [0.717, 1.165) is 18.5 Å². The molecule has 0 saturated heterocycles. The average Bonchev–Trinajstić information content (AvgIpc) is 2.66. The molecule has 0 fully saturated rings. The summed E-state index contributed by atoms with van der Waals surface area (Å²) in [7, 11) is 0. The van der Waals surface area contributed by atoms with Crippen molar-refractivity contribution in [2.24, 2.45) is 5.73 Å². The molecular weight excluding hydrogens is 204 g/mol. The summed E-state index contributed by atoms with van der Waals surface area (Å²) < 4.78 is 6.92. The molecule has 1 atom stereocenters. The van der Waals surface area contributed by atoms with Crippen LogP contribution in [0.25, 0.3) is 0 Å². The smallest absolute Gasteiger partial charge is 0.325 e. The monoisotopic (exact) mass is 224 g/mol. The van der Waals surface area contributed by atoms with Crippen LogP contribution in [0.15, 0.2) is 18.3 Å². The summed E-state index contributed by atoms with van der Waals surface area (Å²) >= 11 is 0. The van der Waals surface area contributed by atoms with Gasteiger partial charge in [-0.2, -0.15) is 0 Å². The number of unbranched alkanes of at least 4 members (excludes halogenated alkanes) is 1. The molecule has 4 nitrogen and oxygen atoms in total. The van der Waals surface area contributed by atoms with E-state index in [1.54, 1.807) is 0 Å². The van der Waals surface area contributed by atoms with Crippen LogP contribution < -0.4 is 5.73 Å². The first-order valence-corrected chi connectivity index (χ1v) is 5.71. The highest BCUT2D eigenvalue weighted by atomic mass is 16.5. The Kier molecular flexibility index (Phi) is 5.05. The first-order valence-electron chi connectivity index (χ1n) is 5.71. The van der Waals surface area contributed by atoms with E-state index < -0.39 is 0 Å². The van der Waals surface area contributed by atoms with Gasteiger partial charge in [0.1, 0.15) is 6.54 Å². The van der Waals surface area contributed by atoms with Crippen LogP contribution in [0.3, 0.4) is 0 Å². The molecule has 4 heteroatoms. The molecule has 0 spiro atoms. The summed E-state index contributed by atoms with van der Waals surface area (Å²) in [5.41, 5.74) is 6.73. The predicted octanol–water partition coefficient (Wildman–Crippen LogP) is 1.85. The molecule has 0 aromatic carbocycles. The molecule has 0 saturated carbocycles. The van der Waals surface area contributed by atoms with Crippen LogP contribution in [-0.2, 0) is 16.1 Å². The molecule has 2 N–H and O–H groups in total. The summed E-state index contributed by atoms with van der Waals surface area (Å²) in [5.74, 6) is -0.202. The van der Waals surface area contributed by atoms with Crippen molar-refractivity contribution in [2.45, 2.75) is 39.3 Å². The number of carbonyl (C=O) groups excluding carboxylic acids is 1. The highest BCUT2D eigenvalue weighted by Gasteiger charge is 2.09. The van der Waals surface area contributed by atoms with E-state index in [1.807, 2.05) is 29.8 Å². The number of nitrogens with two attached hydrogens (primary N) is 1. The summed E-state index contributed by atoms with van der Waals surface area (Å²) in [6.07, 6.45) is 3.79. The Balaban J connectivity index is 2.46. The molecule has 0 aliphatic rings. The summed E-state index contributed by atoms with van der Waals surface area (Å²) in [6, 6.07) is 3.74. The number of carbonyl (C=O) groups is 1. The third-order valence-electron chi connectivity index (χ3n) is 2.39. The molecule has 1 aromatic heterocycles. The number of rotatable bonds is 6. The lowest BCUT2D eigenvalue weighted by atomic mass is 10.2. The third kappa shape index (κ3) is 3.70. The molecule has 0 bridgehead atoms. The lowest BCUT2D eigenvalue weighted by Gasteiger charge is -2.11. The Morgan fingerprint density at radius 1 is 1.62 bits per heavy atom. The highest BCUT2D eigenvalue weighted by molar-refractivity contribution is 5.69. The van der Waals surface area contributed by atoms with Gasteiger partial charge < -0.3 is 15.0 Å². The third-order valence-corrected chi connectivity index (χ3v) is 2.39. The maximum absolute atomic E-state index is 11.5. The molecule has 0 amide bonds. The lowest BCUT2D eigenvalue weighted by molar-refractivity contribution is -0.144. The minimum Gasteiger partial charge on any atom is -0.464 e. The van der Waals surface area contributed by atoms with E-state index in [-0.39, 0.29) is 18.6 Å². The molecule has 16 heavy (non-hydrogen) atoms. The summed E-state index contributed by atoms with van der Waals surface area (Å²) in [6.45, 7) is 4.71. The summed E-state index contributed by atoms with van der Waals surface area (Å²) in [5, 5.41) is 0. The molecule has 1 heterocycles. The van der Waals surface area contributed by atoms with Gasteiger partial charge in [-0.15, -0.1) is 0 Å². The minimum absolute atomic E-state index is 0.0709. The first-order chi connectivity index (χ1) is 7.65. The fourth-order valence-corrected chi connectivity index (χ4v) is 1.50. The van der Waals surface area contributed by atoms with Crippen molar-refractivity contribution < 1.29 is 9.53 Å². The molecule has 1 aromatic rings. The van der Waals surface area contributed by atoms with Gasteiger partial charge in [-0.1, -0.05) is 13.3 Å². The average molecular weight is 224 g/mol. The van der Waals surface area contributed by atoms with Crippen LogP contribution in [0.2, 0.25) is 0 Å². The van der Waals surface area contributed by atoms with Gasteiger partial charge in [0.2, 0.25) is 0 Å². The van der Waals surface area contributed by atoms with Gasteiger partial charge in [-0.3, -0.25) is 4.79 Å². The fraction of sp³-hybridized carbons (Fsp3) is 0.583. The van der Waals surface area contributed by atoms with Gasteiger partial charge in [0, 0.05) is 17.9 Å². The summed E-state index contributed by atoms with van der Waals surface area (Å²) in [4.78, 5) is 11.5. The van der Waals surface area contributed by atoms with Gasteiger partial charge >= 0.3 is 5.97 Å². The van der Waals surface area contributed by atoms with E-state index in [4.69, 9.17) is 10.5 Å². The van der Waals surface area contributed by atoms with Crippen LogP contribution in [-0.4, -0.2) is 17.1 Å². The maximum Gasteiger partial charge on any atom is 0.325 e. The van der Waals surface area contributed by atoms with Crippen molar-refractivity contribution in [2.75, 3.05) is 6.61 Å². The van der Waals surface area contributed by atoms with Gasteiger partial charge in [0.15, 0.2) is 0 Å². The van der Waals surface area contributed by atoms with E-state index in [0.29, 0.717) is 6.61 Å². The van der Waals surface area contributed by atoms with Crippen LogP contribution in [0.5, 0.6) is 0 Å². The molecule has 0 aliphatic heterocycles. The standard InChI is InChI=1S/C12H20N2O2/c1-3-4-8-16-12(15)9-14-7-5-6-11(14)10(2)13/h5-7,10H,3-4,8-9,13H2,1-2H3. The lowest BCUT2D eigenvalue weighted by Crippen LogP contribution is -2.18. The molecule has 1 rings (SSSR count). The zero-order valence-corrected chi connectivity index (χ0v) is 9.98. The minimum atomic E-state index is -0.202. The Labute approximate surface area is 96.4 Å². The Bertz CT molecular complexity index is 332.